The number of fused-ring (bicyclic) bond motifs is 2. The quantitative estimate of drug-likeness (QED) is 0.0598. The predicted octanol–water partition coefficient (Wildman–Crippen LogP) is 23.0. The molecule has 3 heterocycles. The minimum atomic E-state index is -4.81. The summed E-state index contributed by atoms with van der Waals surface area (Å²) in [6.07, 6.45) is 12.2. The summed E-state index contributed by atoms with van der Waals surface area (Å²) in [6, 6.07) is 92.2. The molecule has 13 rings (SSSR count). The van der Waals surface area contributed by atoms with Gasteiger partial charge in [0.05, 0.1) is 16.7 Å². The summed E-state index contributed by atoms with van der Waals surface area (Å²) in [5.41, 5.74) is 22.9. The molecule has 10 aromatic carbocycles. The maximum Gasteiger partial charge on any atom is 0.738 e. The first-order valence-electron chi connectivity index (χ1n) is 33.1. The minimum Gasteiger partial charge on any atom is -0.389 e. The van der Waals surface area contributed by atoms with Crippen LogP contribution < -0.4 is 0 Å². The number of benzene rings is 10. The van der Waals surface area contributed by atoms with Gasteiger partial charge < -0.3 is 17.6 Å². The minimum absolute atomic E-state index is 0.491. The Kier molecular flexibility index (Phi) is 17.7. The van der Waals surface area contributed by atoms with Crippen LogP contribution in [-0.4, -0.2) is 21.6 Å². The van der Waals surface area contributed by atoms with Crippen LogP contribution in [0.5, 0.6) is 0 Å². The van der Waals surface area contributed by atoms with Crippen molar-refractivity contribution in [3.63, 3.8) is 0 Å². The predicted molar refractivity (Wildman–Crippen MR) is 378 cm³/mol. The van der Waals surface area contributed by atoms with Gasteiger partial charge >= 0.3 is 6.97 Å². The van der Waals surface area contributed by atoms with Crippen molar-refractivity contribution < 1.29 is 13.1 Å². The van der Waals surface area contributed by atoms with Crippen LogP contribution in [0.1, 0.15) is 129 Å². The Hall–Kier alpha value is -9.45. The number of nitrogens with zero attached hydrogens (tertiary/aromatic N) is 2. The average Bonchev–Trinajstić information content (AvgIpc) is 1.50. The molecule has 0 spiro atoms. The first-order valence-corrected chi connectivity index (χ1v) is 33.1. The van der Waals surface area contributed by atoms with E-state index in [9.17, 15) is 0 Å². The molecule has 0 aliphatic carbocycles. The highest BCUT2D eigenvalue weighted by atomic mass is 19.2. The summed E-state index contributed by atoms with van der Waals surface area (Å²) in [4.78, 5) is 0. The molecular weight excluding hydrogens is 1100 g/mol. The number of allylic oxidation sites excluding steroid dienone is 2. The number of aromatic nitrogens is 1. The van der Waals surface area contributed by atoms with Gasteiger partial charge in [-0.3, -0.25) is 0 Å². The molecule has 2 aliphatic rings. The van der Waals surface area contributed by atoms with E-state index >= 15 is 8.63 Å². The molecule has 446 valence electrons. The highest BCUT2D eigenvalue weighted by Gasteiger charge is 2.60. The molecule has 90 heavy (non-hydrogen) atoms. The molecule has 1 aromatic heterocycles. The number of aryl methyl sites for hydroxylation is 4. The molecule has 0 radical (unpaired) electrons. The second-order valence-corrected chi connectivity index (χ2v) is 24.6. The highest BCUT2D eigenvalue weighted by Crippen LogP contribution is 2.57. The fraction of sp³-hybridized carbons (Fsp3) is 0.188. The third-order valence-electron chi connectivity index (χ3n) is 18.6. The van der Waals surface area contributed by atoms with Crippen molar-refractivity contribution in [3.05, 3.63) is 317 Å². The summed E-state index contributed by atoms with van der Waals surface area (Å²) in [7, 11) is 0. The summed E-state index contributed by atoms with van der Waals surface area (Å²) in [6.45, 7) is 4.07. The Bertz CT molecular complexity index is 4370. The summed E-state index contributed by atoms with van der Waals surface area (Å²) in [5.74, 6) is 0. The lowest BCUT2D eigenvalue weighted by atomic mass is 9.80. The largest absolute Gasteiger partial charge is 0.738 e. The number of hydrogen-bond donors (Lipinski definition) is 0. The van der Waals surface area contributed by atoms with E-state index in [1.165, 1.54) is 31.2 Å². The molecule has 0 atom stereocenters. The zero-order valence-electron chi connectivity index (χ0n) is 52.5. The van der Waals surface area contributed by atoms with E-state index in [1.807, 2.05) is 18.2 Å². The third kappa shape index (κ3) is 11.7. The van der Waals surface area contributed by atoms with Gasteiger partial charge in [0.25, 0.3) is 0 Å². The van der Waals surface area contributed by atoms with Crippen molar-refractivity contribution in [2.24, 2.45) is 0 Å². The maximum atomic E-state index is 21.0. The third-order valence-corrected chi connectivity index (χ3v) is 18.6. The smallest absolute Gasteiger partial charge is 0.389 e. The Balaban J connectivity index is 1.22. The zero-order chi connectivity index (χ0) is 61.6. The molecule has 2 nitrogen and oxygen atoms in total. The molecule has 0 bridgehead atoms. The van der Waals surface area contributed by atoms with E-state index in [0.717, 1.165) is 177 Å². The van der Waals surface area contributed by atoms with Crippen molar-refractivity contribution in [2.45, 2.75) is 105 Å². The fourth-order valence-corrected chi connectivity index (χ4v) is 13.7. The Labute approximate surface area is 532 Å². The molecule has 11 aromatic rings. The summed E-state index contributed by atoms with van der Waals surface area (Å²) >= 11 is 0. The first-order chi connectivity index (χ1) is 44.3. The topological polar surface area (TPSA) is 7.94 Å². The lowest BCUT2D eigenvalue weighted by Gasteiger charge is -2.35. The van der Waals surface area contributed by atoms with E-state index in [-0.39, 0.29) is 0 Å². The fourth-order valence-electron chi connectivity index (χ4n) is 13.7. The molecule has 0 amide bonds. The molecular formula is C85H79BF2N2. The zero-order valence-corrected chi connectivity index (χ0v) is 52.5. The van der Waals surface area contributed by atoms with Crippen LogP contribution in [0.25, 0.3) is 83.6 Å². The van der Waals surface area contributed by atoms with Crippen molar-refractivity contribution in [3.8, 4) is 66.9 Å². The van der Waals surface area contributed by atoms with E-state index in [4.69, 9.17) is 0 Å². The Morgan fingerprint density at radius 3 is 0.933 bits per heavy atom. The monoisotopic (exact) mass is 1180 g/mol. The van der Waals surface area contributed by atoms with Gasteiger partial charge in [-0.25, -0.2) is 0 Å². The normalized spacial score (nSPS) is 13.5. The van der Waals surface area contributed by atoms with Crippen LogP contribution in [0.15, 0.2) is 267 Å². The molecule has 0 N–H and O–H groups in total. The number of unbranched alkanes of at least 4 members (excludes halogenated alkanes) is 4. The lowest BCUT2D eigenvalue weighted by molar-refractivity contribution is -0.358. The number of rotatable bonds is 22. The number of hydrogen-bond acceptors (Lipinski definition) is 0. The van der Waals surface area contributed by atoms with Gasteiger partial charge in [0.1, 0.15) is 0 Å². The average molecular weight is 1180 g/mol. The summed E-state index contributed by atoms with van der Waals surface area (Å²) in [5, 5.41) is 0. The van der Waals surface area contributed by atoms with E-state index in [1.54, 1.807) is 0 Å². The molecule has 0 saturated heterocycles. The van der Waals surface area contributed by atoms with E-state index in [0.29, 0.717) is 22.8 Å². The van der Waals surface area contributed by atoms with Crippen molar-refractivity contribution in [1.29, 1.82) is 0 Å². The van der Waals surface area contributed by atoms with Crippen molar-refractivity contribution in [2.75, 3.05) is 0 Å². The number of halogens is 2. The van der Waals surface area contributed by atoms with Crippen LogP contribution in [0, 0.1) is 0 Å². The van der Waals surface area contributed by atoms with Crippen LogP contribution in [0.2, 0.25) is 0 Å². The molecule has 5 heteroatoms. The molecule has 2 aliphatic heterocycles. The standard InChI is InChI=1S/C85H79BF2N2/c1-5-9-22-60-32-40-70(41-33-60)77-79(72-54-48-67(49-55-72)64-26-16-13-17-27-64)84-81(74-58-52-69(53-59-74)66-30-20-15-21-31-66)85-80(73-56-50-68(51-57-73)65-28-18-14-19-29-65)78(71-42-34-61(35-43-71)23-10-6-2)83(76-46-38-63(39-47-76)25-12-8-4)90(85)86(87,88)89(84)82(77)75-44-36-62(37-45-75)24-11-7-3/h13-21,26-59H,5-12,22-25H2,1-4H3. The second kappa shape index (κ2) is 26.7. The van der Waals surface area contributed by atoms with Crippen LogP contribution >= 0.6 is 0 Å². The molecule has 0 unspecified atom stereocenters. The Morgan fingerprint density at radius 1 is 0.278 bits per heavy atom. The van der Waals surface area contributed by atoms with Crippen LogP contribution in [0.4, 0.5) is 8.63 Å². The van der Waals surface area contributed by atoms with E-state index in [2.05, 4.69) is 270 Å². The van der Waals surface area contributed by atoms with Crippen LogP contribution in [0.3, 0.4) is 0 Å². The van der Waals surface area contributed by atoms with Crippen molar-refractivity contribution >= 4 is 29.4 Å². The highest BCUT2D eigenvalue weighted by molar-refractivity contribution is 6.61. The van der Waals surface area contributed by atoms with Crippen LogP contribution in [-0.2, 0) is 25.7 Å². The van der Waals surface area contributed by atoms with Gasteiger partial charge in [-0.05, 0) is 153 Å². The van der Waals surface area contributed by atoms with E-state index < -0.39 is 6.97 Å². The van der Waals surface area contributed by atoms with Gasteiger partial charge in [0.2, 0.25) is 0 Å². The Morgan fingerprint density at radius 2 is 0.556 bits per heavy atom. The summed E-state index contributed by atoms with van der Waals surface area (Å²) < 4.78 is 44.9. The van der Waals surface area contributed by atoms with Gasteiger partial charge in [-0.2, -0.15) is 0 Å². The van der Waals surface area contributed by atoms with Gasteiger partial charge in [-0.1, -0.05) is 302 Å². The van der Waals surface area contributed by atoms with Gasteiger partial charge in [0, 0.05) is 28.1 Å². The van der Waals surface area contributed by atoms with Gasteiger partial charge in [0.15, 0.2) is 11.4 Å². The molecule has 0 saturated carbocycles. The van der Waals surface area contributed by atoms with Crippen molar-refractivity contribution in [1.82, 2.24) is 4.48 Å². The first kappa shape index (κ1) is 59.5. The second-order valence-electron chi connectivity index (χ2n) is 24.6. The lowest BCUT2D eigenvalue weighted by Crippen LogP contribution is -2.52. The maximum absolute atomic E-state index is 21.0. The van der Waals surface area contributed by atoms with Gasteiger partial charge in [-0.15, -0.1) is 0 Å². The molecule has 0 fully saturated rings. The SMILES string of the molecule is CCCCc1ccc(C2=C(c3ccc(-c4ccccc4)cc3)C3=C(c4ccc(-c5ccccc5)cc4)c4c(-c5ccc(-c6ccccc6)cc5)c(-c5ccc(CCCC)cc5)c(-c5ccc(CCCC)cc5)n4[B-](F)(F)[N+]3=C2c2ccc(CCCC)cc2)cc1.